The smallest absolute Gasteiger partial charge is 0.303 e. The molecule has 0 heterocycles. The van der Waals surface area contributed by atoms with E-state index in [1.165, 1.54) is 0 Å². The van der Waals surface area contributed by atoms with Gasteiger partial charge in [-0.15, -0.1) is 0 Å². The van der Waals surface area contributed by atoms with Crippen molar-refractivity contribution in [2.45, 2.75) is 83.0 Å². The highest BCUT2D eigenvalue weighted by molar-refractivity contribution is 5.66. The highest BCUT2D eigenvalue weighted by Crippen LogP contribution is 2.09. The summed E-state index contributed by atoms with van der Waals surface area (Å²) in [5.41, 5.74) is 0. The van der Waals surface area contributed by atoms with Crippen LogP contribution in [0.4, 0.5) is 0 Å². The van der Waals surface area contributed by atoms with Crippen LogP contribution in [-0.4, -0.2) is 44.7 Å². The third kappa shape index (κ3) is 15.5. The Morgan fingerprint density at radius 1 is 0.957 bits per heavy atom. The highest BCUT2D eigenvalue weighted by atomic mass is 16.4. The average Bonchev–Trinajstić information content (AvgIpc) is 2.48. The number of hydrogen-bond donors (Lipinski definition) is 4. The minimum atomic E-state index is -0.877. The fourth-order valence-electron chi connectivity index (χ4n) is 2.15. The molecule has 0 bridgehead atoms. The van der Waals surface area contributed by atoms with Gasteiger partial charge in [-0.1, -0.05) is 37.1 Å². The van der Waals surface area contributed by atoms with Crippen LogP contribution in [0.3, 0.4) is 0 Å². The second-order valence-corrected chi connectivity index (χ2v) is 5.97. The molecule has 0 aromatic rings. The maximum Gasteiger partial charge on any atom is 0.303 e. The van der Waals surface area contributed by atoms with Gasteiger partial charge in [-0.2, -0.15) is 0 Å². The van der Waals surface area contributed by atoms with Gasteiger partial charge in [0.15, 0.2) is 0 Å². The lowest BCUT2D eigenvalue weighted by Gasteiger charge is -2.14. The number of hydrogen-bond acceptors (Lipinski definition) is 4. The normalized spacial score (nSPS) is 16.0. The molecule has 0 rings (SSSR count). The van der Waals surface area contributed by atoms with Gasteiger partial charge in [-0.3, -0.25) is 4.79 Å². The van der Waals surface area contributed by atoms with E-state index in [9.17, 15) is 15.0 Å². The number of aliphatic hydroxyl groups excluding tert-OH is 3. The molecule has 3 atom stereocenters. The second kappa shape index (κ2) is 14.4. The first kappa shape index (κ1) is 21.8. The quantitative estimate of drug-likeness (QED) is 0.290. The van der Waals surface area contributed by atoms with Gasteiger partial charge in [0.05, 0.1) is 18.3 Å². The number of carboxylic acid groups (broad SMARTS) is 1. The third-order valence-electron chi connectivity index (χ3n) is 3.55. The van der Waals surface area contributed by atoms with Crippen molar-refractivity contribution in [3.8, 4) is 0 Å². The monoisotopic (exact) mass is 328 g/mol. The molecule has 134 valence electrons. The Morgan fingerprint density at radius 2 is 1.70 bits per heavy atom. The van der Waals surface area contributed by atoms with E-state index >= 15 is 0 Å². The lowest BCUT2D eigenvalue weighted by Crippen LogP contribution is -2.23. The number of allylic oxidation sites excluding steroid dienone is 3. The molecule has 0 aliphatic rings. The summed E-state index contributed by atoms with van der Waals surface area (Å²) in [6.07, 6.45) is 11.6. The molecular formula is C18H32O5. The second-order valence-electron chi connectivity index (χ2n) is 5.97. The van der Waals surface area contributed by atoms with Crippen molar-refractivity contribution in [2.75, 3.05) is 0 Å². The van der Waals surface area contributed by atoms with Crippen molar-refractivity contribution < 1.29 is 25.2 Å². The molecule has 23 heavy (non-hydrogen) atoms. The van der Waals surface area contributed by atoms with Gasteiger partial charge in [-0.25, -0.2) is 0 Å². The minimum Gasteiger partial charge on any atom is -0.481 e. The highest BCUT2D eigenvalue weighted by Gasteiger charge is 2.12. The fourth-order valence-corrected chi connectivity index (χ4v) is 2.15. The predicted octanol–water partition coefficient (Wildman–Crippen LogP) is 2.80. The molecule has 5 nitrogen and oxygen atoms in total. The predicted molar refractivity (Wildman–Crippen MR) is 91.2 cm³/mol. The summed E-state index contributed by atoms with van der Waals surface area (Å²) in [6, 6.07) is 0. The van der Waals surface area contributed by atoms with Crippen LogP contribution in [0.2, 0.25) is 0 Å². The summed E-state index contributed by atoms with van der Waals surface area (Å²) < 4.78 is 0. The van der Waals surface area contributed by atoms with Crippen LogP contribution >= 0.6 is 0 Å². The van der Waals surface area contributed by atoms with Crippen LogP contribution < -0.4 is 0 Å². The number of rotatable bonds is 14. The van der Waals surface area contributed by atoms with Gasteiger partial charge < -0.3 is 20.4 Å². The molecule has 0 fully saturated rings. The van der Waals surface area contributed by atoms with Gasteiger partial charge in [0.2, 0.25) is 0 Å². The van der Waals surface area contributed by atoms with Crippen molar-refractivity contribution in [2.24, 2.45) is 0 Å². The van der Waals surface area contributed by atoms with Crippen LogP contribution in [0.1, 0.15) is 64.7 Å². The first-order chi connectivity index (χ1) is 10.9. The van der Waals surface area contributed by atoms with Gasteiger partial charge >= 0.3 is 5.97 Å². The Bertz CT molecular complexity index is 349. The lowest BCUT2D eigenvalue weighted by molar-refractivity contribution is -0.137. The molecule has 0 aromatic carbocycles. The molecule has 4 N–H and O–H groups in total. The van der Waals surface area contributed by atoms with E-state index in [-0.39, 0.29) is 12.5 Å². The van der Waals surface area contributed by atoms with E-state index in [1.54, 1.807) is 13.0 Å². The van der Waals surface area contributed by atoms with Crippen molar-refractivity contribution in [1.82, 2.24) is 0 Å². The molecule has 5 heteroatoms. The van der Waals surface area contributed by atoms with Crippen LogP contribution in [0, 0.1) is 0 Å². The average molecular weight is 328 g/mol. The topological polar surface area (TPSA) is 98.0 Å². The Kier molecular flexibility index (Phi) is 13.7. The number of carboxylic acids is 1. The zero-order valence-corrected chi connectivity index (χ0v) is 14.1. The zero-order chi connectivity index (χ0) is 17.5. The molecule has 0 aliphatic heterocycles. The minimum absolute atomic E-state index is 0.155. The van der Waals surface area contributed by atoms with Crippen LogP contribution in [0.15, 0.2) is 24.3 Å². The summed E-state index contributed by atoms with van der Waals surface area (Å²) in [4.78, 5) is 10.3. The maximum atomic E-state index is 10.3. The van der Waals surface area contributed by atoms with Crippen LogP contribution in [0.5, 0.6) is 0 Å². The summed E-state index contributed by atoms with van der Waals surface area (Å²) in [7, 11) is 0. The molecule has 0 aromatic heterocycles. The Balaban J connectivity index is 3.67. The Morgan fingerprint density at radius 3 is 2.35 bits per heavy atom. The van der Waals surface area contributed by atoms with Gasteiger partial charge in [0.1, 0.15) is 0 Å². The molecule has 0 aliphatic carbocycles. The molecule has 0 radical (unpaired) electrons. The van der Waals surface area contributed by atoms with E-state index in [2.05, 4.69) is 6.08 Å². The van der Waals surface area contributed by atoms with E-state index in [4.69, 9.17) is 10.2 Å². The molecule has 0 saturated carbocycles. The summed E-state index contributed by atoms with van der Waals surface area (Å²) in [5.74, 6) is -0.799. The first-order valence-corrected chi connectivity index (χ1v) is 8.51. The van der Waals surface area contributed by atoms with E-state index in [0.29, 0.717) is 25.7 Å². The lowest BCUT2D eigenvalue weighted by atomic mass is 10.0. The number of aliphatic hydroxyl groups is 3. The first-order valence-electron chi connectivity index (χ1n) is 8.51. The van der Waals surface area contributed by atoms with E-state index < -0.39 is 18.2 Å². The van der Waals surface area contributed by atoms with Crippen molar-refractivity contribution in [3.05, 3.63) is 24.3 Å². The summed E-state index contributed by atoms with van der Waals surface area (Å²) in [5, 5.41) is 37.2. The van der Waals surface area contributed by atoms with Crippen LogP contribution in [0.25, 0.3) is 0 Å². The van der Waals surface area contributed by atoms with Gasteiger partial charge in [-0.05, 0) is 45.4 Å². The van der Waals surface area contributed by atoms with Crippen molar-refractivity contribution >= 4 is 5.97 Å². The van der Waals surface area contributed by atoms with Crippen LogP contribution in [-0.2, 0) is 4.79 Å². The van der Waals surface area contributed by atoms with E-state index in [1.807, 2.05) is 12.2 Å². The number of aliphatic carboxylic acids is 1. The SMILES string of the molecule is CC(O)CCC/C=C\C/C=C\C(O)C(O)CCCCCC(=O)O. The number of unbranched alkanes of at least 4 members (excludes halogenated alkanes) is 3. The van der Waals surface area contributed by atoms with Crippen molar-refractivity contribution in [1.29, 1.82) is 0 Å². The van der Waals surface area contributed by atoms with E-state index in [0.717, 1.165) is 25.7 Å². The zero-order valence-electron chi connectivity index (χ0n) is 14.1. The molecule has 3 unspecified atom stereocenters. The number of carbonyl (C=O) groups is 1. The standard InChI is InChI=1S/C18H32O5/c1-15(19)11-7-4-2-3-5-8-12-16(20)17(21)13-9-6-10-14-18(22)23/h2-3,8,12,15-17,19-21H,4-7,9-11,13-14H2,1H3,(H,22,23)/b3-2-,12-8-. The molecule has 0 spiro atoms. The maximum absolute atomic E-state index is 10.3. The molecular weight excluding hydrogens is 296 g/mol. The fraction of sp³-hybridized carbons (Fsp3) is 0.722. The third-order valence-corrected chi connectivity index (χ3v) is 3.55. The van der Waals surface area contributed by atoms with Crippen molar-refractivity contribution in [3.63, 3.8) is 0 Å². The largest absolute Gasteiger partial charge is 0.481 e. The van der Waals surface area contributed by atoms with Gasteiger partial charge in [0.25, 0.3) is 0 Å². The Labute approximate surface area is 139 Å². The molecule has 0 saturated heterocycles. The summed E-state index contributed by atoms with van der Waals surface area (Å²) in [6.45, 7) is 1.78. The molecule has 0 amide bonds. The van der Waals surface area contributed by atoms with Gasteiger partial charge in [0, 0.05) is 6.42 Å². The summed E-state index contributed by atoms with van der Waals surface area (Å²) >= 11 is 0. The Hall–Kier alpha value is -1.17.